The van der Waals surface area contributed by atoms with Crippen molar-refractivity contribution in [2.75, 3.05) is 21.3 Å². The minimum absolute atomic E-state index is 0.138. The molecule has 10 heteroatoms. The number of amides is 2. The van der Waals surface area contributed by atoms with Gasteiger partial charge in [0.1, 0.15) is 12.4 Å². The van der Waals surface area contributed by atoms with Crippen LogP contribution < -0.4 is 19.9 Å². The fourth-order valence-electron chi connectivity index (χ4n) is 4.39. The van der Waals surface area contributed by atoms with Gasteiger partial charge in [0, 0.05) is 23.6 Å². The van der Waals surface area contributed by atoms with E-state index in [1.807, 2.05) is 54.6 Å². The second-order valence-electron chi connectivity index (χ2n) is 9.26. The van der Waals surface area contributed by atoms with Crippen molar-refractivity contribution in [3.05, 3.63) is 95.2 Å². The van der Waals surface area contributed by atoms with Crippen LogP contribution in [0.5, 0.6) is 17.2 Å². The Balaban J connectivity index is 0.000000194. The van der Waals surface area contributed by atoms with Crippen LogP contribution in [-0.4, -0.2) is 50.3 Å². The number of esters is 1. The molecular formula is C32H31N3O7. The second-order valence-corrected chi connectivity index (χ2v) is 9.26. The van der Waals surface area contributed by atoms with Gasteiger partial charge in [-0.3, -0.25) is 19.4 Å². The summed E-state index contributed by atoms with van der Waals surface area (Å²) in [5.74, 6) is 0.295. The van der Waals surface area contributed by atoms with E-state index >= 15 is 0 Å². The zero-order valence-corrected chi connectivity index (χ0v) is 23.5. The minimum Gasteiger partial charge on any atom is -0.493 e. The van der Waals surface area contributed by atoms with Crippen molar-refractivity contribution in [2.45, 2.75) is 25.4 Å². The van der Waals surface area contributed by atoms with Gasteiger partial charge in [0.05, 0.1) is 44.0 Å². The van der Waals surface area contributed by atoms with Crippen LogP contribution in [-0.2, 0) is 20.9 Å². The second kappa shape index (κ2) is 13.9. The molecule has 0 saturated heterocycles. The fraction of sp³-hybridized carbons (Fsp3) is 0.219. The zero-order chi connectivity index (χ0) is 30.1. The number of hydrogen-bond acceptors (Lipinski definition) is 8. The third-order valence-electron chi connectivity index (χ3n) is 6.63. The Labute approximate surface area is 243 Å². The molecule has 1 aliphatic rings. The van der Waals surface area contributed by atoms with Gasteiger partial charge in [0.2, 0.25) is 5.91 Å². The Morgan fingerprint density at radius 1 is 0.881 bits per heavy atom. The average Bonchev–Trinajstić information content (AvgIpc) is 3.40. The first-order valence-electron chi connectivity index (χ1n) is 13.1. The molecule has 5 rings (SSSR count). The standard InChI is InChI=1S/C17H15NO4.C15H16N2O3/c1-20-15-7-6-11(8-16(15)21-2)10-22-14-5-3-4-12-13(14)9-18-17(12)19;1-20-14(18)9-7-11(15(16)19)13-8-6-10-4-2-3-5-12(10)17-13/h3-9H,10H2,1-2H3;2-6,8,11H,7,9H2,1H3,(H2,16,19). The van der Waals surface area contributed by atoms with Crippen molar-refractivity contribution in [2.24, 2.45) is 10.7 Å². The molecule has 1 atom stereocenters. The van der Waals surface area contributed by atoms with E-state index in [1.165, 1.54) is 7.11 Å². The summed E-state index contributed by atoms with van der Waals surface area (Å²) in [5.41, 5.74) is 9.04. The van der Waals surface area contributed by atoms with Gasteiger partial charge in [0.15, 0.2) is 11.5 Å². The summed E-state index contributed by atoms with van der Waals surface area (Å²) >= 11 is 0. The Morgan fingerprint density at radius 2 is 1.67 bits per heavy atom. The SMILES string of the molecule is COC(=O)CCC(C(N)=O)c1ccc2ccccc2n1.COc1ccc(COc2cccc3c2C=NC3=O)cc1OC. The normalized spacial score (nSPS) is 12.1. The average molecular weight is 570 g/mol. The number of methoxy groups -OCH3 is 3. The summed E-state index contributed by atoms with van der Waals surface area (Å²) in [6.07, 6.45) is 1.98. The number of benzene rings is 3. The summed E-state index contributed by atoms with van der Waals surface area (Å²) in [7, 11) is 4.50. The molecule has 2 heterocycles. The summed E-state index contributed by atoms with van der Waals surface area (Å²) in [4.78, 5) is 42.6. The van der Waals surface area contributed by atoms with Crippen LogP contribution in [0, 0.1) is 0 Å². The lowest BCUT2D eigenvalue weighted by atomic mass is 9.97. The quantitative estimate of drug-likeness (QED) is 0.273. The minimum atomic E-state index is -0.585. The number of ether oxygens (including phenoxy) is 4. The van der Waals surface area contributed by atoms with Crippen LogP contribution in [0.1, 0.15) is 45.9 Å². The van der Waals surface area contributed by atoms with Gasteiger partial charge >= 0.3 is 5.97 Å². The van der Waals surface area contributed by atoms with Gasteiger partial charge in [-0.05, 0) is 48.4 Å². The number of rotatable bonds is 10. The van der Waals surface area contributed by atoms with E-state index in [9.17, 15) is 14.4 Å². The molecule has 42 heavy (non-hydrogen) atoms. The molecule has 2 N–H and O–H groups in total. The fourth-order valence-corrected chi connectivity index (χ4v) is 4.39. The zero-order valence-electron chi connectivity index (χ0n) is 23.5. The molecule has 0 fully saturated rings. The van der Waals surface area contributed by atoms with E-state index in [-0.39, 0.29) is 18.3 Å². The van der Waals surface area contributed by atoms with Crippen LogP contribution in [0.3, 0.4) is 0 Å². The molecule has 0 spiro atoms. The molecule has 2 amide bonds. The molecule has 1 aromatic heterocycles. The number of primary amides is 1. The molecule has 1 unspecified atom stereocenters. The number of hydrogen-bond donors (Lipinski definition) is 1. The van der Waals surface area contributed by atoms with Gasteiger partial charge in [-0.25, -0.2) is 4.99 Å². The van der Waals surface area contributed by atoms with Crippen molar-refractivity contribution in [3.63, 3.8) is 0 Å². The molecule has 0 aliphatic carbocycles. The van der Waals surface area contributed by atoms with Gasteiger partial charge in [-0.1, -0.05) is 36.4 Å². The van der Waals surface area contributed by atoms with Gasteiger partial charge < -0.3 is 24.7 Å². The molecule has 0 bridgehead atoms. The summed E-state index contributed by atoms with van der Waals surface area (Å²) < 4.78 is 20.9. The van der Waals surface area contributed by atoms with E-state index in [1.54, 1.807) is 38.6 Å². The highest BCUT2D eigenvalue weighted by Gasteiger charge is 2.21. The Hall–Kier alpha value is -5.25. The lowest BCUT2D eigenvalue weighted by Crippen LogP contribution is -2.23. The van der Waals surface area contributed by atoms with E-state index in [0.717, 1.165) is 22.0 Å². The maximum Gasteiger partial charge on any atom is 0.305 e. The number of carbonyl (C=O) groups excluding carboxylic acids is 3. The van der Waals surface area contributed by atoms with Crippen LogP contribution in [0.15, 0.2) is 77.8 Å². The molecule has 0 radical (unpaired) electrons. The first-order valence-corrected chi connectivity index (χ1v) is 13.1. The summed E-state index contributed by atoms with van der Waals surface area (Å²) in [6, 6.07) is 22.2. The number of para-hydroxylation sites is 1. The van der Waals surface area contributed by atoms with E-state index < -0.39 is 11.8 Å². The van der Waals surface area contributed by atoms with Crippen LogP contribution in [0.4, 0.5) is 0 Å². The van der Waals surface area contributed by atoms with Crippen molar-refractivity contribution in [1.82, 2.24) is 4.98 Å². The van der Waals surface area contributed by atoms with E-state index in [4.69, 9.17) is 19.9 Å². The number of nitrogens with two attached hydrogens (primary N) is 1. The lowest BCUT2D eigenvalue weighted by Gasteiger charge is -2.12. The van der Waals surface area contributed by atoms with Crippen LogP contribution in [0.2, 0.25) is 0 Å². The molecule has 216 valence electrons. The first-order chi connectivity index (χ1) is 20.3. The Bertz CT molecular complexity index is 1630. The van der Waals surface area contributed by atoms with Crippen LogP contribution >= 0.6 is 0 Å². The maximum atomic E-state index is 11.6. The topological polar surface area (TPSA) is 139 Å². The van der Waals surface area contributed by atoms with Gasteiger partial charge in [-0.15, -0.1) is 0 Å². The highest BCUT2D eigenvalue weighted by atomic mass is 16.5. The number of aliphatic imine (C=N–C) groups is 1. The first kappa shape index (κ1) is 29.7. The van der Waals surface area contributed by atoms with Gasteiger partial charge in [0.25, 0.3) is 5.91 Å². The van der Waals surface area contributed by atoms with Crippen LogP contribution in [0.25, 0.3) is 10.9 Å². The molecule has 4 aromatic rings. The van der Waals surface area contributed by atoms with Crippen molar-refractivity contribution in [3.8, 4) is 17.2 Å². The smallest absolute Gasteiger partial charge is 0.305 e. The monoisotopic (exact) mass is 569 g/mol. The number of aromatic nitrogens is 1. The highest BCUT2D eigenvalue weighted by molar-refractivity contribution is 6.14. The van der Waals surface area contributed by atoms with Crippen molar-refractivity contribution >= 4 is 34.9 Å². The number of fused-ring (bicyclic) bond motifs is 2. The summed E-state index contributed by atoms with van der Waals surface area (Å²) in [6.45, 7) is 0.360. The molecule has 1 aliphatic heterocycles. The lowest BCUT2D eigenvalue weighted by molar-refractivity contribution is -0.140. The number of carbonyl (C=O) groups is 3. The number of nitrogens with zero attached hydrogens (tertiary/aromatic N) is 2. The maximum absolute atomic E-state index is 11.6. The molecule has 3 aromatic carbocycles. The molecule has 0 saturated carbocycles. The third-order valence-corrected chi connectivity index (χ3v) is 6.63. The van der Waals surface area contributed by atoms with E-state index in [2.05, 4.69) is 14.7 Å². The molecular weight excluding hydrogens is 538 g/mol. The predicted molar refractivity (Wildman–Crippen MR) is 157 cm³/mol. The highest BCUT2D eigenvalue weighted by Crippen LogP contribution is 2.30. The van der Waals surface area contributed by atoms with Crippen molar-refractivity contribution in [1.29, 1.82) is 0 Å². The number of pyridine rings is 1. The Morgan fingerprint density at radius 3 is 2.40 bits per heavy atom. The largest absolute Gasteiger partial charge is 0.493 e. The van der Waals surface area contributed by atoms with E-state index in [0.29, 0.717) is 41.5 Å². The van der Waals surface area contributed by atoms with Gasteiger partial charge in [-0.2, -0.15) is 0 Å². The Kier molecular flexibility index (Phi) is 9.83. The summed E-state index contributed by atoms with van der Waals surface area (Å²) in [5, 5.41) is 0.993. The van der Waals surface area contributed by atoms with Crippen molar-refractivity contribution < 1.29 is 33.3 Å². The predicted octanol–water partition coefficient (Wildman–Crippen LogP) is 4.61. The molecule has 10 nitrogen and oxygen atoms in total. The third kappa shape index (κ3) is 7.08.